The molecule has 10 heteroatoms. The molecule has 0 saturated carbocycles. The minimum Gasteiger partial charge on any atom is -0.478 e. The monoisotopic (exact) mass is 1070 g/mol. The molecule has 75 heavy (non-hydrogen) atoms. The van der Waals surface area contributed by atoms with Crippen LogP contribution < -0.4 is 5.32 Å². The molecule has 0 unspecified atom stereocenters. The van der Waals surface area contributed by atoms with Crippen LogP contribution in [0.3, 0.4) is 0 Å². The van der Waals surface area contributed by atoms with Gasteiger partial charge < -0.3 is 15.0 Å². The lowest BCUT2D eigenvalue weighted by atomic mass is 10.0. The van der Waals surface area contributed by atoms with Gasteiger partial charge in [-0.25, -0.2) is 4.79 Å². The number of aromatic nitrogens is 1. The van der Waals surface area contributed by atoms with E-state index in [0.717, 1.165) is 62.8 Å². The molecule has 1 amide bonds. The van der Waals surface area contributed by atoms with Gasteiger partial charge in [0.25, 0.3) is 5.91 Å². The van der Waals surface area contributed by atoms with Crippen molar-refractivity contribution in [2.45, 2.75) is 170 Å². The molecule has 0 fully saturated rings. The van der Waals surface area contributed by atoms with Crippen molar-refractivity contribution in [3.8, 4) is 45.8 Å². The summed E-state index contributed by atoms with van der Waals surface area (Å²) in [5.74, 6) is -1.54. The second-order valence-corrected chi connectivity index (χ2v) is 24.4. The van der Waals surface area contributed by atoms with Gasteiger partial charge in [-0.2, -0.15) is 5.26 Å². The summed E-state index contributed by atoms with van der Waals surface area (Å²) in [6.45, 7) is 12.3. The number of aromatic carboxylic acids is 1. The van der Waals surface area contributed by atoms with Gasteiger partial charge in [0, 0.05) is 73.1 Å². The van der Waals surface area contributed by atoms with Crippen LogP contribution in [-0.2, 0) is 37.0 Å². The van der Waals surface area contributed by atoms with Crippen LogP contribution >= 0.6 is 45.3 Å². The van der Waals surface area contributed by atoms with E-state index in [1.807, 2.05) is 34.0 Å². The van der Waals surface area contributed by atoms with E-state index < -0.39 is 11.9 Å². The van der Waals surface area contributed by atoms with Gasteiger partial charge in [0.05, 0.1) is 5.56 Å². The number of amides is 1. The van der Waals surface area contributed by atoms with Crippen molar-refractivity contribution in [2.75, 3.05) is 5.32 Å². The van der Waals surface area contributed by atoms with Gasteiger partial charge in [-0.05, 0) is 159 Å². The number of nitrogens with zero attached hydrogens (tertiary/aromatic N) is 2. The minimum absolute atomic E-state index is 0.0251. The number of para-hydroxylation sites is 1. The Kier molecular flexibility index (Phi) is 20.4. The summed E-state index contributed by atoms with van der Waals surface area (Å²) in [5.41, 5.74) is 10.00. The Morgan fingerprint density at radius 2 is 1.03 bits per heavy atom. The third-order valence-corrected chi connectivity index (χ3v) is 19.8. The molecule has 392 valence electrons. The third-order valence-electron chi connectivity index (χ3n) is 14.5. The molecular formula is C65H75N3O3S4. The highest BCUT2D eigenvalue weighted by Gasteiger charge is 2.24. The van der Waals surface area contributed by atoms with Crippen LogP contribution in [0.25, 0.3) is 67.6 Å². The van der Waals surface area contributed by atoms with Crippen LogP contribution in [0.1, 0.15) is 175 Å². The first-order valence-electron chi connectivity index (χ1n) is 28.0. The molecule has 0 bridgehead atoms. The molecule has 0 aliphatic heterocycles. The topological polar surface area (TPSA) is 95.1 Å². The van der Waals surface area contributed by atoms with E-state index in [1.165, 1.54) is 173 Å². The highest BCUT2D eigenvalue weighted by Crippen LogP contribution is 2.50. The van der Waals surface area contributed by atoms with E-state index >= 15 is 0 Å². The summed E-state index contributed by atoms with van der Waals surface area (Å²) < 4.78 is 2.44. The smallest absolute Gasteiger partial charge is 0.335 e. The summed E-state index contributed by atoms with van der Waals surface area (Å²) >= 11 is 7.61. The molecule has 0 saturated heterocycles. The zero-order chi connectivity index (χ0) is 52.7. The molecule has 5 heterocycles. The van der Waals surface area contributed by atoms with Crippen molar-refractivity contribution in [1.82, 2.24) is 4.57 Å². The van der Waals surface area contributed by atoms with Gasteiger partial charge in [-0.15, -0.1) is 45.3 Å². The Morgan fingerprint density at radius 3 is 1.55 bits per heavy atom. The Labute approximate surface area is 462 Å². The number of nitriles is 1. The SMILES string of the molecule is CCCCCCc1cc(-c2sc(-c3sc(-c4sc(-c5ccc6c(c5)c5ccccc5n6CC)cc4CCCCCC)cc3CCCCCC)cc2CCCCCC)sc1/C=C(\C#N)C(=O)Nc1ccc(C(=O)O)cc1. The lowest BCUT2D eigenvalue weighted by molar-refractivity contribution is -0.112. The summed E-state index contributed by atoms with van der Waals surface area (Å²) in [7, 11) is 0. The molecule has 3 aromatic carbocycles. The van der Waals surface area contributed by atoms with Gasteiger partial charge in [0.15, 0.2) is 0 Å². The lowest BCUT2D eigenvalue weighted by Crippen LogP contribution is -2.13. The van der Waals surface area contributed by atoms with E-state index in [9.17, 15) is 20.0 Å². The second kappa shape index (κ2) is 27.5. The molecule has 0 aliphatic rings. The summed E-state index contributed by atoms with van der Waals surface area (Å²) in [4.78, 5) is 35.5. The number of carboxylic acids is 1. The fourth-order valence-corrected chi connectivity index (χ4v) is 15.6. The van der Waals surface area contributed by atoms with Crippen molar-refractivity contribution >= 4 is 90.8 Å². The van der Waals surface area contributed by atoms with Crippen molar-refractivity contribution in [3.05, 3.63) is 129 Å². The first-order valence-corrected chi connectivity index (χ1v) is 31.2. The fraction of sp³-hybridized carbons (Fsp3) is 0.400. The van der Waals surface area contributed by atoms with Gasteiger partial charge in [0.2, 0.25) is 0 Å². The van der Waals surface area contributed by atoms with Gasteiger partial charge in [-0.1, -0.05) is 129 Å². The molecule has 0 spiro atoms. The van der Waals surface area contributed by atoms with Crippen LogP contribution in [0.15, 0.2) is 96.6 Å². The average molecular weight is 1070 g/mol. The molecule has 8 rings (SSSR count). The quantitative estimate of drug-likeness (QED) is 0.0277. The number of nitrogens with one attached hydrogen (secondary N) is 1. The number of thiophene rings is 4. The molecule has 6 nitrogen and oxygen atoms in total. The molecule has 0 radical (unpaired) electrons. The number of fused-ring (bicyclic) bond motifs is 3. The number of carboxylic acid groups (broad SMARTS) is 1. The number of hydrogen-bond acceptors (Lipinski definition) is 7. The zero-order valence-electron chi connectivity index (χ0n) is 44.9. The van der Waals surface area contributed by atoms with Crippen LogP contribution in [0.4, 0.5) is 5.69 Å². The molecule has 0 aliphatic carbocycles. The summed E-state index contributed by atoms with van der Waals surface area (Å²) in [6.07, 6.45) is 24.8. The van der Waals surface area contributed by atoms with Crippen LogP contribution in [0, 0.1) is 11.3 Å². The van der Waals surface area contributed by atoms with Crippen molar-refractivity contribution < 1.29 is 14.7 Å². The second-order valence-electron chi connectivity index (χ2n) is 20.1. The maximum Gasteiger partial charge on any atom is 0.335 e. The fourth-order valence-electron chi connectivity index (χ4n) is 10.4. The van der Waals surface area contributed by atoms with E-state index in [2.05, 4.69) is 117 Å². The molecule has 0 atom stereocenters. The highest BCUT2D eigenvalue weighted by atomic mass is 32.1. The van der Waals surface area contributed by atoms with Gasteiger partial charge in [0.1, 0.15) is 11.6 Å². The lowest BCUT2D eigenvalue weighted by Gasteiger charge is -2.05. The van der Waals surface area contributed by atoms with Crippen molar-refractivity contribution in [1.29, 1.82) is 5.26 Å². The molecule has 2 N–H and O–H groups in total. The Bertz CT molecular complexity index is 3260. The molecular weight excluding hydrogens is 999 g/mol. The number of hydrogen-bond donors (Lipinski definition) is 2. The number of rotatable bonds is 29. The summed E-state index contributed by atoms with van der Waals surface area (Å²) in [5, 5.41) is 25.3. The first kappa shape index (κ1) is 55.7. The first-order chi connectivity index (χ1) is 36.7. The Morgan fingerprint density at radius 1 is 0.547 bits per heavy atom. The van der Waals surface area contributed by atoms with E-state index in [-0.39, 0.29) is 11.1 Å². The number of anilines is 1. The number of carbonyl (C=O) groups is 2. The number of carbonyl (C=O) groups excluding carboxylic acids is 1. The zero-order valence-corrected chi connectivity index (χ0v) is 48.1. The van der Waals surface area contributed by atoms with E-state index in [1.54, 1.807) is 29.5 Å². The predicted molar refractivity (Wildman–Crippen MR) is 325 cm³/mol. The van der Waals surface area contributed by atoms with Gasteiger partial charge >= 0.3 is 5.97 Å². The largest absolute Gasteiger partial charge is 0.478 e. The normalized spacial score (nSPS) is 11.8. The Hall–Kier alpha value is -5.57. The maximum absolute atomic E-state index is 13.7. The minimum atomic E-state index is -1.04. The number of unbranched alkanes of at least 4 members (excludes halogenated alkanes) is 12. The van der Waals surface area contributed by atoms with E-state index in [0.29, 0.717) is 5.69 Å². The Balaban J connectivity index is 1.20. The van der Waals surface area contributed by atoms with Crippen LogP contribution in [-0.4, -0.2) is 21.6 Å². The standard InChI is InChI=1S/C65H75N3O3S4/c1-6-11-15-19-25-45-38-58(72-56(45)42-50(43-66)64(69)67-51-34-31-44(32-35-51)65(70)71)61-48(27-21-17-13-8-3)40-60(74-61)63-49(28-22-18-14-9-4)41-59(75-63)62-47(26-20-16-12-7-2)39-57(73-62)46-33-36-55-53(37-46)52-29-23-24-30-54(52)68(55)10-5/h23-24,29-42H,6-22,25-28H2,1-5H3,(H,67,69)(H,70,71)/b50-42+. The van der Waals surface area contributed by atoms with Crippen molar-refractivity contribution in [3.63, 3.8) is 0 Å². The van der Waals surface area contributed by atoms with Crippen LogP contribution in [0.2, 0.25) is 0 Å². The number of benzene rings is 3. The third kappa shape index (κ3) is 13.7. The average Bonchev–Trinajstić information content (AvgIpc) is 4.29. The van der Waals surface area contributed by atoms with E-state index in [4.69, 9.17) is 0 Å². The molecule has 8 aromatic rings. The van der Waals surface area contributed by atoms with Crippen molar-refractivity contribution in [2.24, 2.45) is 0 Å². The molecule has 5 aromatic heterocycles. The predicted octanol–water partition coefficient (Wildman–Crippen LogP) is 20.5. The highest BCUT2D eigenvalue weighted by molar-refractivity contribution is 7.29. The summed E-state index contributed by atoms with van der Waals surface area (Å²) in [6, 6.07) is 34.1. The van der Waals surface area contributed by atoms with Crippen LogP contribution in [0.5, 0.6) is 0 Å². The maximum atomic E-state index is 13.7. The van der Waals surface area contributed by atoms with Gasteiger partial charge in [-0.3, -0.25) is 4.79 Å². The number of aryl methyl sites for hydroxylation is 5.